The summed E-state index contributed by atoms with van der Waals surface area (Å²) >= 11 is 0. The minimum Gasteiger partial charge on any atom is -0.392 e. The second-order valence-electron chi connectivity index (χ2n) is 5.04. The van der Waals surface area contributed by atoms with Gasteiger partial charge in [0.25, 0.3) is 0 Å². The van der Waals surface area contributed by atoms with Gasteiger partial charge in [0.1, 0.15) is 5.82 Å². The number of benzene rings is 2. The van der Waals surface area contributed by atoms with E-state index in [1.54, 1.807) is 0 Å². The molecular weight excluding hydrogens is 253 g/mol. The van der Waals surface area contributed by atoms with Crippen LogP contribution in [0.5, 0.6) is 0 Å². The maximum Gasteiger partial charge on any atom is 0.123 e. The lowest BCUT2D eigenvalue weighted by atomic mass is 10.1. The number of aliphatic hydroxyl groups is 1. The van der Waals surface area contributed by atoms with Crippen LogP contribution in [0.3, 0.4) is 0 Å². The first-order valence-electron chi connectivity index (χ1n) is 6.84. The fourth-order valence-corrected chi connectivity index (χ4v) is 2.21. The van der Waals surface area contributed by atoms with Gasteiger partial charge in [0.15, 0.2) is 0 Å². The molecule has 0 amide bonds. The van der Waals surface area contributed by atoms with Gasteiger partial charge in [0.2, 0.25) is 0 Å². The molecule has 106 valence electrons. The molecule has 2 aromatic rings. The Bertz CT molecular complexity index is 539. The van der Waals surface area contributed by atoms with Gasteiger partial charge < -0.3 is 10.4 Å². The van der Waals surface area contributed by atoms with E-state index in [1.807, 2.05) is 36.4 Å². The Kier molecular flexibility index (Phi) is 5.27. The maximum absolute atomic E-state index is 12.8. The van der Waals surface area contributed by atoms with E-state index in [-0.39, 0.29) is 18.5 Å². The van der Waals surface area contributed by atoms with E-state index in [2.05, 4.69) is 12.2 Å². The third-order valence-electron chi connectivity index (χ3n) is 3.38. The van der Waals surface area contributed by atoms with Crippen molar-refractivity contribution in [1.29, 1.82) is 0 Å². The van der Waals surface area contributed by atoms with Crippen LogP contribution in [-0.2, 0) is 19.6 Å². The smallest absolute Gasteiger partial charge is 0.123 e. The van der Waals surface area contributed by atoms with Crippen LogP contribution >= 0.6 is 0 Å². The zero-order valence-corrected chi connectivity index (χ0v) is 11.6. The Morgan fingerprint density at radius 1 is 1.05 bits per heavy atom. The molecule has 0 aliphatic rings. The molecule has 0 saturated heterocycles. The van der Waals surface area contributed by atoms with Crippen LogP contribution in [0.4, 0.5) is 4.39 Å². The van der Waals surface area contributed by atoms with Crippen molar-refractivity contribution < 1.29 is 9.50 Å². The molecule has 0 aliphatic carbocycles. The van der Waals surface area contributed by atoms with Gasteiger partial charge in [-0.1, -0.05) is 36.4 Å². The minimum atomic E-state index is -0.203. The van der Waals surface area contributed by atoms with Crippen molar-refractivity contribution in [2.75, 3.05) is 0 Å². The minimum absolute atomic E-state index is 0.0597. The molecular formula is C17H20FNO. The molecule has 2 aromatic carbocycles. The van der Waals surface area contributed by atoms with Crippen LogP contribution < -0.4 is 5.32 Å². The molecule has 20 heavy (non-hydrogen) atoms. The number of nitrogens with one attached hydrogen (secondary N) is 1. The van der Waals surface area contributed by atoms with Gasteiger partial charge in [0, 0.05) is 12.6 Å². The Morgan fingerprint density at radius 2 is 1.70 bits per heavy atom. The summed E-state index contributed by atoms with van der Waals surface area (Å²) in [6.45, 7) is 2.88. The van der Waals surface area contributed by atoms with Gasteiger partial charge in [-0.3, -0.25) is 0 Å². The summed E-state index contributed by atoms with van der Waals surface area (Å²) in [5.41, 5.74) is 3.18. The maximum atomic E-state index is 12.8. The van der Waals surface area contributed by atoms with Crippen molar-refractivity contribution in [3.63, 3.8) is 0 Å². The third-order valence-corrected chi connectivity index (χ3v) is 3.38. The molecule has 0 aliphatic heterocycles. The molecule has 2 N–H and O–H groups in total. The summed E-state index contributed by atoms with van der Waals surface area (Å²) in [6, 6.07) is 14.7. The monoisotopic (exact) mass is 273 g/mol. The van der Waals surface area contributed by atoms with E-state index < -0.39 is 0 Å². The fraction of sp³-hybridized carbons (Fsp3) is 0.294. The molecule has 1 unspecified atom stereocenters. The number of rotatable bonds is 6. The summed E-state index contributed by atoms with van der Waals surface area (Å²) in [7, 11) is 0. The number of halogens is 1. The highest BCUT2D eigenvalue weighted by molar-refractivity contribution is 5.26. The van der Waals surface area contributed by atoms with Crippen LogP contribution in [0.1, 0.15) is 23.6 Å². The number of aliphatic hydroxyl groups excluding tert-OH is 1. The van der Waals surface area contributed by atoms with Crippen molar-refractivity contribution in [2.45, 2.75) is 32.5 Å². The van der Waals surface area contributed by atoms with E-state index in [4.69, 9.17) is 0 Å². The van der Waals surface area contributed by atoms with Gasteiger partial charge in [-0.25, -0.2) is 4.39 Å². The molecule has 0 aromatic heterocycles. The van der Waals surface area contributed by atoms with Crippen LogP contribution in [0.25, 0.3) is 0 Å². The van der Waals surface area contributed by atoms with E-state index in [1.165, 1.54) is 12.1 Å². The molecule has 0 fully saturated rings. The van der Waals surface area contributed by atoms with Gasteiger partial charge in [-0.05, 0) is 42.2 Å². The normalized spacial score (nSPS) is 12.3. The topological polar surface area (TPSA) is 32.3 Å². The third kappa shape index (κ3) is 4.15. The lowest BCUT2D eigenvalue weighted by molar-refractivity contribution is 0.280. The molecule has 0 heterocycles. The molecule has 0 radical (unpaired) electrons. The highest BCUT2D eigenvalue weighted by atomic mass is 19.1. The number of hydrogen-bond acceptors (Lipinski definition) is 2. The molecule has 3 heteroatoms. The van der Waals surface area contributed by atoms with Crippen molar-refractivity contribution in [1.82, 2.24) is 5.32 Å². The zero-order chi connectivity index (χ0) is 14.4. The van der Waals surface area contributed by atoms with Crippen molar-refractivity contribution >= 4 is 0 Å². The van der Waals surface area contributed by atoms with E-state index >= 15 is 0 Å². The molecule has 1 atom stereocenters. The summed E-state index contributed by atoms with van der Waals surface area (Å²) in [4.78, 5) is 0. The number of hydrogen-bond donors (Lipinski definition) is 2. The van der Waals surface area contributed by atoms with E-state index in [0.717, 1.165) is 29.7 Å². The Balaban J connectivity index is 1.88. The van der Waals surface area contributed by atoms with Crippen LogP contribution in [0.2, 0.25) is 0 Å². The molecule has 2 nitrogen and oxygen atoms in total. The van der Waals surface area contributed by atoms with Gasteiger partial charge in [0.05, 0.1) is 6.61 Å². The Labute approximate surface area is 119 Å². The Morgan fingerprint density at radius 3 is 2.35 bits per heavy atom. The molecule has 0 bridgehead atoms. The average Bonchev–Trinajstić information content (AvgIpc) is 2.48. The largest absolute Gasteiger partial charge is 0.392 e. The van der Waals surface area contributed by atoms with Gasteiger partial charge >= 0.3 is 0 Å². The summed E-state index contributed by atoms with van der Waals surface area (Å²) in [6.07, 6.45) is 0.849. The van der Waals surface area contributed by atoms with E-state index in [9.17, 15) is 9.50 Å². The second kappa shape index (κ2) is 7.17. The first kappa shape index (κ1) is 14.7. The SMILES string of the molecule is CC(Cc1ccc(F)cc1)NCc1ccccc1CO. The zero-order valence-electron chi connectivity index (χ0n) is 11.6. The van der Waals surface area contributed by atoms with Gasteiger partial charge in [-0.2, -0.15) is 0 Å². The van der Waals surface area contributed by atoms with Crippen LogP contribution in [-0.4, -0.2) is 11.1 Å². The average molecular weight is 273 g/mol. The first-order chi connectivity index (χ1) is 9.69. The fourth-order valence-electron chi connectivity index (χ4n) is 2.21. The molecule has 0 saturated carbocycles. The van der Waals surface area contributed by atoms with Crippen molar-refractivity contribution in [2.24, 2.45) is 0 Å². The summed E-state index contributed by atoms with van der Waals surface area (Å²) in [5, 5.41) is 12.7. The van der Waals surface area contributed by atoms with Crippen LogP contribution in [0.15, 0.2) is 48.5 Å². The van der Waals surface area contributed by atoms with Crippen LogP contribution in [0, 0.1) is 5.82 Å². The summed E-state index contributed by atoms with van der Waals surface area (Å²) < 4.78 is 12.8. The summed E-state index contributed by atoms with van der Waals surface area (Å²) in [5.74, 6) is -0.203. The van der Waals surface area contributed by atoms with E-state index in [0.29, 0.717) is 0 Å². The van der Waals surface area contributed by atoms with Crippen molar-refractivity contribution in [3.8, 4) is 0 Å². The predicted octanol–water partition coefficient (Wildman–Crippen LogP) is 3.04. The van der Waals surface area contributed by atoms with Crippen molar-refractivity contribution in [3.05, 3.63) is 71.0 Å². The quantitative estimate of drug-likeness (QED) is 0.848. The highest BCUT2D eigenvalue weighted by Crippen LogP contribution is 2.10. The predicted molar refractivity (Wildman–Crippen MR) is 78.8 cm³/mol. The van der Waals surface area contributed by atoms with Gasteiger partial charge in [-0.15, -0.1) is 0 Å². The second-order valence-corrected chi connectivity index (χ2v) is 5.04. The Hall–Kier alpha value is -1.71. The highest BCUT2D eigenvalue weighted by Gasteiger charge is 2.05. The molecule has 0 spiro atoms. The lowest BCUT2D eigenvalue weighted by Gasteiger charge is -2.15. The first-order valence-corrected chi connectivity index (χ1v) is 6.84. The molecule has 2 rings (SSSR count). The standard InChI is InChI=1S/C17H20FNO/c1-13(10-14-6-8-17(18)9-7-14)19-11-15-4-2-3-5-16(15)12-20/h2-9,13,19-20H,10-12H2,1H3. The lowest BCUT2D eigenvalue weighted by Crippen LogP contribution is -2.28.